The first kappa shape index (κ1) is 19.4. The number of nitrogens with one attached hydrogen (secondary N) is 1. The largest absolute Gasteiger partial charge is 0.478 e. The fraction of sp³-hybridized carbons (Fsp3) is 0.174. The van der Waals surface area contributed by atoms with E-state index in [1.54, 1.807) is 19.9 Å². The van der Waals surface area contributed by atoms with E-state index in [-0.39, 0.29) is 29.7 Å². The molecule has 0 fully saturated rings. The number of rotatable bonds is 4. The number of anilines is 2. The standard InChI is InChI=1S/C23H20N2O5/c1-23(2)22(29)25(18-11-10-15(21(27)28)12-19(18)30-23)13-20(26)24-17-9-5-7-14-6-3-4-8-16(14)17/h3-12H,13H2,1-2H3,(H,24,26)(H,27,28). The Kier molecular flexibility index (Phi) is 4.66. The maximum absolute atomic E-state index is 12.9. The van der Waals surface area contributed by atoms with Gasteiger partial charge in [0.05, 0.1) is 11.3 Å². The van der Waals surface area contributed by atoms with Crippen molar-refractivity contribution in [2.45, 2.75) is 19.4 Å². The molecular formula is C23H20N2O5. The molecule has 1 aliphatic heterocycles. The molecule has 2 amide bonds. The van der Waals surface area contributed by atoms with Gasteiger partial charge in [-0.05, 0) is 43.5 Å². The van der Waals surface area contributed by atoms with E-state index in [4.69, 9.17) is 4.74 Å². The second-order valence-corrected chi connectivity index (χ2v) is 7.57. The molecule has 0 radical (unpaired) electrons. The van der Waals surface area contributed by atoms with Crippen LogP contribution in [0.1, 0.15) is 24.2 Å². The zero-order chi connectivity index (χ0) is 21.5. The van der Waals surface area contributed by atoms with Crippen LogP contribution in [0.5, 0.6) is 5.75 Å². The number of carbonyl (C=O) groups is 3. The molecule has 152 valence electrons. The molecule has 0 aromatic heterocycles. The van der Waals surface area contributed by atoms with Crippen molar-refractivity contribution in [2.24, 2.45) is 0 Å². The molecule has 7 nitrogen and oxygen atoms in total. The van der Waals surface area contributed by atoms with Crippen molar-refractivity contribution >= 4 is 39.9 Å². The molecule has 0 spiro atoms. The van der Waals surface area contributed by atoms with Gasteiger partial charge < -0.3 is 15.2 Å². The van der Waals surface area contributed by atoms with Crippen molar-refractivity contribution < 1.29 is 24.2 Å². The van der Waals surface area contributed by atoms with Gasteiger partial charge in [0.15, 0.2) is 5.60 Å². The van der Waals surface area contributed by atoms with Crippen LogP contribution in [0.25, 0.3) is 10.8 Å². The van der Waals surface area contributed by atoms with Gasteiger partial charge in [-0.25, -0.2) is 4.79 Å². The lowest BCUT2D eigenvalue weighted by Gasteiger charge is -2.38. The smallest absolute Gasteiger partial charge is 0.335 e. The summed E-state index contributed by atoms with van der Waals surface area (Å²) in [7, 11) is 0. The summed E-state index contributed by atoms with van der Waals surface area (Å²) in [6.45, 7) is 2.94. The van der Waals surface area contributed by atoms with Crippen LogP contribution in [-0.4, -0.2) is 35.0 Å². The first-order chi connectivity index (χ1) is 14.3. The van der Waals surface area contributed by atoms with E-state index >= 15 is 0 Å². The third-order valence-corrected chi connectivity index (χ3v) is 4.99. The van der Waals surface area contributed by atoms with Crippen LogP contribution in [0.2, 0.25) is 0 Å². The summed E-state index contributed by atoms with van der Waals surface area (Å²) in [5.41, 5.74) is -0.180. The third-order valence-electron chi connectivity index (χ3n) is 4.99. The fourth-order valence-corrected chi connectivity index (χ4v) is 3.53. The van der Waals surface area contributed by atoms with Crippen LogP contribution >= 0.6 is 0 Å². The summed E-state index contributed by atoms with van der Waals surface area (Å²) in [6, 6.07) is 17.5. The second-order valence-electron chi connectivity index (χ2n) is 7.57. The van der Waals surface area contributed by atoms with E-state index in [0.29, 0.717) is 11.4 Å². The molecule has 3 aromatic rings. The van der Waals surface area contributed by atoms with Crippen molar-refractivity contribution in [3.63, 3.8) is 0 Å². The van der Waals surface area contributed by atoms with Crippen LogP contribution in [0.4, 0.5) is 11.4 Å². The summed E-state index contributed by atoms with van der Waals surface area (Å²) in [5.74, 6) is -1.61. The van der Waals surface area contributed by atoms with E-state index < -0.39 is 11.6 Å². The maximum Gasteiger partial charge on any atom is 0.335 e. The third kappa shape index (κ3) is 3.45. The zero-order valence-electron chi connectivity index (χ0n) is 16.5. The Morgan fingerprint density at radius 1 is 1.07 bits per heavy atom. The average Bonchev–Trinajstić information content (AvgIpc) is 2.71. The first-order valence-electron chi connectivity index (χ1n) is 9.42. The zero-order valence-corrected chi connectivity index (χ0v) is 16.5. The Bertz CT molecular complexity index is 1180. The summed E-state index contributed by atoms with van der Waals surface area (Å²) in [6.07, 6.45) is 0. The molecular weight excluding hydrogens is 384 g/mol. The van der Waals surface area contributed by atoms with Crippen molar-refractivity contribution in [2.75, 3.05) is 16.8 Å². The van der Waals surface area contributed by atoms with E-state index in [1.165, 1.54) is 23.1 Å². The van der Waals surface area contributed by atoms with Gasteiger partial charge >= 0.3 is 5.97 Å². The summed E-state index contributed by atoms with van der Waals surface area (Å²) >= 11 is 0. The monoisotopic (exact) mass is 404 g/mol. The number of aromatic carboxylic acids is 1. The van der Waals surface area contributed by atoms with Gasteiger partial charge in [-0.2, -0.15) is 0 Å². The number of amides is 2. The number of fused-ring (bicyclic) bond motifs is 2. The Hall–Kier alpha value is -3.87. The van der Waals surface area contributed by atoms with Crippen LogP contribution in [0.15, 0.2) is 60.7 Å². The lowest BCUT2D eigenvalue weighted by atomic mass is 10.0. The molecule has 30 heavy (non-hydrogen) atoms. The molecule has 0 saturated heterocycles. The van der Waals surface area contributed by atoms with Crippen LogP contribution in [0.3, 0.4) is 0 Å². The van der Waals surface area contributed by atoms with Crippen molar-refractivity contribution in [1.82, 2.24) is 0 Å². The van der Waals surface area contributed by atoms with Gasteiger partial charge in [-0.3, -0.25) is 14.5 Å². The van der Waals surface area contributed by atoms with Gasteiger partial charge in [-0.1, -0.05) is 36.4 Å². The lowest BCUT2D eigenvalue weighted by Crippen LogP contribution is -2.54. The number of benzene rings is 3. The minimum Gasteiger partial charge on any atom is -0.478 e. The molecule has 0 atom stereocenters. The predicted octanol–water partition coefficient (Wildman–Crippen LogP) is 3.68. The van der Waals surface area contributed by atoms with Gasteiger partial charge in [0.1, 0.15) is 12.3 Å². The minimum absolute atomic E-state index is 0.0408. The quantitative estimate of drug-likeness (QED) is 0.692. The maximum atomic E-state index is 12.9. The van der Waals surface area contributed by atoms with Crippen molar-refractivity contribution in [3.8, 4) is 5.75 Å². The Balaban J connectivity index is 1.64. The van der Waals surface area contributed by atoms with Crippen LogP contribution < -0.4 is 15.0 Å². The highest BCUT2D eigenvalue weighted by atomic mass is 16.5. The number of carbonyl (C=O) groups excluding carboxylic acids is 2. The van der Waals surface area contributed by atoms with Crippen molar-refractivity contribution in [3.05, 3.63) is 66.2 Å². The van der Waals surface area contributed by atoms with Gasteiger partial charge in [0.25, 0.3) is 5.91 Å². The number of carboxylic acid groups (broad SMARTS) is 1. The second kappa shape index (κ2) is 7.18. The molecule has 3 aromatic carbocycles. The Morgan fingerprint density at radius 2 is 1.80 bits per heavy atom. The Labute approximate surface area is 172 Å². The molecule has 2 N–H and O–H groups in total. The average molecular weight is 404 g/mol. The highest BCUT2D eigenvalue weighted by Crippen LogP contribution is 2.38. The Morgan fingerprint density at radius 3 is 2.57 bits per heavy atom. The number of hydrogen-bond donors (Lipinski definition) is 2. The normalized spacial score (nSPS) is 14.7. The van der Waals surface area contributed by atoms with E-state index in [9.17, 15) is 19.5 Å². The topological polar surface area (TPSA) is 95.9 Å². The van der Waals surface area contributed by atoms with Gasteiger partial charge in [0, 0.05) is 11.1 Å². The van der Waals surface area contributed by atoms with Gasteiger partial charge in [0.2, 0.25) is 5.91 Å². The number of carboxylic acids is 1. The fourth-order valence-electron chi connectivity index (χ4n) is 3.53. The summed E-state index contributed by atoms with van der Waals surface area (Å²) < 4.78 is 5.72. The molecule has 1 heterocycles. The first-order valence-corrected chi connectivity index (χ1v) is 9.42. The molecule has 1 aliphatic rings. The van der Waals surface area contributed by atoms with E-state index in [2.05, 4.69) is 5.32 Å². The lowest BCUT2D eigenvalue weighted by molar-refractivity contribution is -0.133. The number of ether oxygens (including phenoxy) is 1. The molecule has 0 aliphatic carbocycles. The van der Waals surface area contributed by atoms with E-state index in [1.807, 2.05) is 36.4 Å². The van der Waals surface area contributed by atoms with Crippen LogP contribution in [-0.2, 0) is 9.59 Å². The molecule has 0 saturated carbocycles. The van der Waals surface area contributed by atoms with E-state index in [0.717, 1.165) is 10.8 Å². The highest BCUT2D eigenvalue weighted by molar-refractivity contribution is 6.10. The SMILES string of the molecule is CC1(C)Oc2cc(C(=O)O)ccc2N(CC(=O)Nc2cccc3ccccc23)C1=O. The van der Waals surface area contributed by atoms with Crippen LogP contribution in [0, 0.1) is 0 Å². The van der Waals surface area contributed by atoms with Crippen molar-refractivity contribution in [1.29, 1.82) is 0 Å². The predicted molar refractivity (Wildman–Crippen MR) is 113 cm³/mol. The summed E-state index contributed by atoms with van der Waals surface area (Å²) in [5, 5.41) is 14.0. The highest BCUT2D eigenvalue weighted by Gasteiger charge is 2.41. The molecule has 0 bridgehead atoms. The molecule has 0 unspecified atom stereocenters. The molecule has 4 rings (SSSR count). The number of hydrogen-bond acceptors (Lipinski definition) is 4. The minimum atomic E-state index is -1.23. The molecule has 7 heteroatoms. The van der Waals surface area contributed by atoms with Gasteiger partial charge in [-0.15, -0.1) is 0 Å². The number of nitrogens with zero attached hydrogens (tertiary/aromatic N) is 1. The summed E-state index contributed by atoms with van der Waals surface area (Å²) in [4.78, 5) is 38.4.